The van der Waals surface area contributed by atoms with Crippen LogP contribution in [0.2, 0.25) is 0 Å². The number of rotatable bonds is 2. The van der Waals surface area contributed by atoms with Crippen molar-refractivity contribution in [3.05, 3.63) is 53.5 Å². The van der Waals surface area contributed by atoms with Gasteiger partial charge in [0.2, 0.25) is 5.95 Å². The lowest BCUT2D eigenvalue weighted by atomic mass is 10.0. The zero-order valence-electron chi connectivity index (χ0n) is 11.4. The van der Waals surface area contributed by atoms with Crippen molar-refractivity contribution in [2.75, 3.05) is 10.2 Å². The third-order valence-corrected chi connectivity index (χ3v) is 3.45. The molecule has 0 spiro atoms. The lowest BCUT2D eigenvalue weighted by Gasteiger charge is -2.29. The molecule has 2 N–H and O–H groups in total. The molecule has 2 aliphatic heterocycles. The highest BCUT2D eigenvalue weighted by Gasteiger charge is 2.23. The van der Waals surface area contributed by atoms with E-state index in [1.54, 1.807) is 6.20 Å². The van der Waals surface area contributed by atoms with Crippen molar-refractivity contribution in [1.29, 1.82) is 0 Å². The first kappa shape index (κ1) is 12.5. The lowest BCUT2D eigenvalue weighted by molar-refractivity contribution is -0.112. The van der Waals surface area contributed by atoms with Gasteiger partial charge in [0.15, 0.2) is 0 Å². The van der Waals surface area contributed by atoms with Crippen molar-refractivity contribution < 1.29 is 4.79 Å². The summed E-state index contributed by atoms with van der Waals surface area (Å²) in [5, 5.41) is 15.5. The van der Waals surface area contributed by atoms with Gasteiger partial charge in [-0.05, 0) is 34.6 Å². The van der Waals surface area contributed by atoms with Crippen LogP contribution in [0.15, 0.2) is 52.9 Å². The summed E-state index contributed by atoms with van der Waals surface area (Å²) < 4.78 is 0. The van der Waals surface area contributed by atoms with Crippen LogP contribution in [0.1, 0.15) is 5.56 Å². The Kier molecular flexibility index (Phi) is 2.78. The van der Waals surface area contributed by atoms with E-state index in [1.165, 1.54) is 11.8 Å². The topological polar surface area (TPSA) is 99.2 Å². The van der Waals surface area contributed by atoms with E-state index in [0.29, 0.717) is 5.57 Å². The number of aromatic nitrogens is 4. The largest absolute Gasteiger partial charge is 0.301 e. The van der Waals surface area contributed by atoms with Gasteiger partial charge in [0.25, 0.3) is 5.91 Å². The van der Waals surface area contributed by atoms with Gasteiger partial charge >= 0.3 is 0 Å². The summed E-state index contributed by atoms with van der Waals surface area (Å²) in [5.41, 5.74) is 2.65. The standard InChI is InChI=1S/C14H11N7O/c22-13(16-14-17-19-20-18-14)10-7-15-12-6-5-9-3-1-2-4-11(9)21(12)8-10/h1-4,6-8H,5H2,(H2,16,17,18,19,20,22). The van der Waals surface area contributed by atoms with Crippen molar-refractivity contribution in [3.8, 4) is 0 Å². The van der Waals surface area contributed by atoms with Crippen molar-refractivity contribution in [3.63, 3.8) is 0 Å². The Morgan fingerprint density at radius 2 is 2.23 bits per heavy atom. The first-order valence-corrected chi connectivity index (χ1v) is 6.69. The number of H-pyrrole nitrogens is 1. The fraction of sp³-hybridized carbons (Fsp3) is 0.0714. The monoisotopic (exact) mass is 293 g/mol. The number of carbonyl (C=O) groups excluding carboxylic acids is 1. The van der Waals surface area contributed by atoms with E-state index >= 15 is 0 Å². The molecular weight excluding hydrogens is 282 g/mol. The molecule has 22 heavy (non-hydrogen) atoms. The van der Waals surface area contributed by atoms with Crippen LogP contribution >= 0.6 is 0 Å². The molecule has 2 aliphatic rings. The minimum atomic E-state index is -0.329. The summed E-state index contributed by atoms with van der Waals surface area (Å²) in [6.45, 7) is 0. The molecule has 8 heteroatoms. The van der Waals surface area contributed by atoms with E-state index in [2.05, 4.69) is 37.0 Å². The Morgan fingerprint density at radius 3 is 3.09 bits per heavy atom. The van der Waals surface area contributed by atoms with Crippen LogP contribution in [-0.2, 0) is 11.2 Å². The molecule has 0 saturated carbocycles. The number of aliphatic imine (C=N–C) groups is 1. The maximum absolute atomic E-state index is 12.2. The molecule has 0 unspecified atom stereocenters. The molecule has 8 nitrogen and oxygen atoms in total. The smallest absolute Gasteiger partial charge is 0.261 e. The zero-order valence-corrected chi connectivity index (χ0v) is 11.4. The third-order valence-electron chi connectivity index (χ3n) is 3.45. The summed E-state index contributed by atoms with van der Waals surface area (Å²) in [6.07, 6.45) is 6.16. The van der Waals surface area contributed by atoms with Crippen LogP contribution in [0, 0.1) is 0 Å². The number of hydrogen-bond donors (Lipinski definition) is 2. The Morgan fingerprint density at radius 1 is 1.32 bits per heavy atom. The van der Waals surface area contributed by atoms with E-state index in [1.807, 2.05) is 29.2 Å². The molecule has 0 fully saturated rings. The number of para-hydroxylation sites is 1. The van der Waals surface area contributed by atoms with E-state index in [9.17, 15) is 4.79 Å². The third kappa shape index (κ3) is 2.06. The molecule has 1 amide bonds. The van der Waals surface area contributed by atoms with Gasteiger partial charge in [-0.2, -0.15) is 0 Å². The number of hydrogen-bond acceptors (Lipinski definition) is 6. The molecule has 0 atom stereocenters. The Bertz CT molecular complexity index is 819. The van der Waals surface area contributed by atoms with Gasteiger partial charge in [0, 0.05) is 12.4 Å². The number of fused-ring (bicyclic) bond motifs is 3. The fourth-order valence-electron chi connectivity index (χ4n) is 2.41. The number of anilines is 2. The number of nitrogens with zero attached hydrogens (tertiary/aromatic N) is 5. The molecule has 0 radical (unpaired) electrons. The molecule has 2 aromatic rings. The number of benzene rings is 1. The minimum Gasteiger partial charge on any atom is -0.301 e. The van der Waals surface area contributed by atoms with Crippen LogP contribution in [-0.4, -0.2) is 32.7 Å². The average molecular weight is 293 g/mol. The van der Waals surface area contributed by atoms with Gasteiger partial charge < -0.3 is 4.90 Å². The van der Waals surface area contributed by atoms with Crippen LogP contribution < -0.4 is 10.2 Å². The van der Waals surface area contributed by atoms with Gasteiger partial charge in [0.05, 0.1) is 11.3 Å². The summed E-state index contributed by atoms with van der Waals surface area (Å²) in [6, 6.07) is 8.04. The van der Waals surface area contributed by atoms with Crippen molar-refractivity contribution in [1.82, 2.24) is 20.6 Å². The zero-order chi connectivity index (χ0) is 14.9. The van der Waals surface area contributed by atoms with E-state index in [-0.39, 0.29) is 11.9 Å². The molecule has 4 rings (SSSR count). The molecule has 0 bridgehead atoms. The van der Waals surface area contributed by atoms with E-state index < -0.39 is 0 Å². The van der Waals surface area contributed by atoms with E-state index in [4.69, 9.17) is 0 Å². The second-order valence-corrected chi connectivity index (χ2v) is 4.81. The fourth-order valence-corrected chi connectivity index (χ4v) is 2.41. The van der Waals surface area contributed by atoms with Crippen molar-refractivity contribution in [2.45, 2.75) is 6.42 Å². The highest BCUT2D eigenvalue weighted by Crippen LogP contribution is 2.32. The first-order valence-electron chi connectivity index (χ1n) is 6.69. The highest BCUT2D eigenvalue weighted by atomic mass is 16.2. The summed E-state index contributed by atoms with van der Waals surface area (Å²) in [7, 11) is 0. The normalized spacial score (nSPS) is 15.5. The van der Waals surface area contributed by atoms with Crippen LogP contribution in [0.25, 0.3) is 0 Å². The molecule has 0 aliphatic carbocycles. The molecular formula is C14H11N7O. The predicted molar refractivity (Wildman–Crippen MR) is 80.1 cm³/mol. The number of carbonyl (C=O) groups is 1. The summed E-state index contributed by atoms with van der Waals surface area (Å²) in [5.74, 6) is 0.681. The molecule has 1 aromatic heterocycles. The number of nitrogens with one attached hydrogen (secondary N) is 2. The van der Waals surface area contributed by atoms with Gasteiger partial charge in [-0.15, -0.1) is 0 Å². The summed E-state index contributed by atoms with van der Waals surface area (Å²) in [4.78, 5) is 18.5. The maximum Gasteiger partial charge on any atom is 0.261 e. The second-order valence-electron chi connectivity index (χ2n) is 4.81. The van der Waals surface area contributed by atoms with Crippen LogP contribution in [0.3, 0.4) is 0 Å². The Labute approximate surface area is 125 Å². The first-order chi connectivity index (χ1) is 10.8. The number of aromatic amines is 1. The SMILES string of the molecule is O=C(Nc1nnn[nH]1)C1=CN2C(=CCc3ccccc32)N=C1. The number of allylic oxidation sites excluding steroid dienone is 1. The highest BCUT2D eigenvalue weighted by molar-refractivity contribution is 6.18. The quantitative estimate of drug-likeness (QED) is 0.861. The number of tetrazole rings is 1. The Hall–Kier alpha value is -3.29. The second kappa shape index (κ2) is 4.92. The minimum absolute atomic E-state index is 0.194. The molecule has 108 valence electrons. The number of amides is 1. The molecule has 0 saturated heterocycles. The van der Waals surface area contributed by atoms with Gasteiger partial charge in [-0.3, -0.25) is 10.1 Å². The Balaban J connectivity index is 1.65. The van der Waals surface area contributed by atoms with Gasteiger partial charge in [-0.25, -0.2) is 10.1 Å². The molecule has 1 aromatic carbocycles. The van der Waals surface area contributed by atoms with Gasteiger partial charge in [0.1, 0.15) is 5.82 Å². The predicted octanol–water partition coefficient (Wildman–Crippen LogP) is 1.01. The lowest BCUT2D eigenvalue weighted by Crippen LogP contribution is -2.27. The molecule has 3 heterocycles. The summed E-state index contributed by atoms with van der Waals surface area (Å²) >= 11 is 0. The van der Waals surface area contributed by atoms with Crippen molar-refractivity contribution in [2.24, 2.45) is 4.99 Å². The average Bonchev–Trinajstić information content (AvgIpc) is 3.07. The maximum atomic E-state index is 12.2. The van der Waals surface area contributed by atoms with Crippen LogP contribution in [0.5, 0.6) is 0 Å². The van der Waals surface area contributed by atoms with Crippen molar-refractivity contribution >= 4 is 23.8 Å². The van der Waals surface area contributed by atoms with E-state index in [0.717, 1.165) is 17.9 Å². The van der Waals surface area contributed by atoms with Crippen LogP contribution in [0.4, 0.5) is 11.6 Å². The van der Waals surface area contributed by atoms with Gasteiger partial charge in [-0.1, -0.05) is 23.3 Å².